The van der Waals surface area contributed by atoms with Gasteiger partial charge in [0.25, 0.3) is 0 Å². The van der Waals surface area contributed by atoms with Crippen LogP contribution in [0.15, 0.2) is 30.5 Å². The second kappa shape index (κ2) is 7.34. The molecule has 1 heterocycles. The van der Waals surface area contributed by atoms with E-state index in [1.54, 1.807) is 0 Å². The Bertz CT molecular complexity index is 531. The van der Waals surface area contributed by atoms with E-state index in [0.29, 0.717) is 0 Å². The van der Waals surface area contributed by atoms with Crippen LogP contribution in [0.2, 0.25) is 0 Å². The van der Waals surface area contributed by atoms with Gasteiger partial charge in [0.1, 0.15) is 5.75 Å². The molecule has 2 aromatic rings. The quantitative estimate of drug-likeness (QED) is 0.741. The van der Waals surface area contributed by atoms with Gasteiger partial charge in [0.2, 0.25) is 0 Å². The van der Waals surface area contributed by atoms with E-state index in [2.05, 4.69) is 61.1 Å². The predicted octanol–water partition coefficient (Wildman–Crippen LogP) is 3.82. The molecule has 0 aliphatic heterocycles. The van der Waals surface area contributed by atoms with Crippen molar-refractivity contribution in [1.82, 2.24) is 9.88 Å². The van der Waals surface area contributed by atoms with Crippen molar-refractivity contribution in [1.29, 1.82) is 0 Å². The van der Waals surface area contributed by atoms with Gasteiger partial charge in [-0.25, -0.2) is 0 Å². The SMILES string of the molecule is CCNCCCCn1ccc2cc(OC(C)C)ccc21. The highest BCUT2D eigenvalue weighted by Crippen LogP contribution is 2.23. The van der Waals surface area contributed by atoms with Crippen molar-refractivity contribution in [2.24, 2.45) is 0 Å². The number of hydrogen-bond donors (Lipinski definition) is 1. The number of rotatable bonds is 8. The molecule has 0 unspecified atom stereocenters. The summed E-state index contributed by atoms with van der Waals surface area (Å²) in [6.45, 7) is 9.52. The van der Waals surface area contributed by atoms with Gasteiger partial charge in [-0.05, 0) is 64.0 Å². The van der Waals surface area contributed by atoms with Crippen molar-refractivity contribution >= 4 is 10.9 Å². The molecular formula is C17H26N2O. The zero-order valence-electron chi connectivity index (χ0n) is 12.9. The normalized spacial score (nSPS) is 11.4. The third-order valence-corrected chi connectivity index (χ3v) is 3.37. The molecule has 0 aliphatic rings. The van der Waals surface area contributed by atoms with Gasteiger partial charge in [0.15, 0.2) is 0 Å². The third kappa shape index (κ3) is 4.01. The van der Waals surface area contributed by atoms with Crippen LogP contribution < -0.4 is 10.1 Å². The lowest BCUT2D eigenvalue weighted by Crippen LogP contribution is -2.14. The fourth-order valence-corrected chi connectivity index (χ4v) is 2.43. The number of nitrogens with zero attached hydrogens (tertiary/aromatic N) is 1. The van der Waals surface area contributed by atoms with Gasteiger partial charge in [-0.3, -0.25) is 0 Å². The number of benzene rings is 1. The van der Waals surface area contributed by atoms with Crippen molar-refractivity contribution in [3.05, 3.63) is 30.5 Å². The Morgan fingerprint density at radius 2 is 2.05 bits per heavy atom. The monoisotopic (exact) mass is 274 g/mol. The Hall–Kier alpha value is -1.48. The molecular weight excluding hydrogens is 248 g/mol. The molecule has 2 rings (SSSR count). The molecule has 0 aliphatic carbocycles. The maximum absolute atomic E-state index is 5.74. The molecule has 0 atom stereocenters. The predicted molar refractivity (Wildman–Crippen MR) is 85.5 cm³/mol. The molecule has 0 amide bonds. The number of ether oxygens (including phenoxy) is 1. The van der Waals surface area contributed by atoms with Crippen molar-refractivity contribution in [2.45, 2.75) is 46.3 Å². The number of aromatic nitrogens is 1. The van der Waals surface area contributed by atoms with Crippen LogP contribution in [0.1, 0.15) is 33.6 Å². The lowest BCUT2D eigenvalue weighted by atomic mass is 10.2. The van der Waals surface area contributed by atoms with E-state index in [1.807, 2.05) is 0 Å². The smallest absolute Gasteiger partial charge is 0.120 e. The largest absolute Gasteiger partial charge is 0.491 e. The Kier molecular flexibility index (Phi) is 5.48. The lowest BCUT2D eigenvalue weighted by molar-refractivity contribution is 0.243. The Morgan fingerprint density at radius 1 is 1.20 bits per heavy atom. The summed E-state index contributed by atoms with van der Waals surface area (Å²) in [5.74, 6) is 0.956. The molecule has 0 spiro atoms. The Morgan fingerprint density at radius 3 is 2.80 bits per heavy atom. The number of nitrogens with one attached hydrogen (secondary N) is 1. The van der Waals surface area contributed by atoms with Crippen molar-refractivity contribution < 1.29 is 4.74 Å². The van der Waals surface area contributed by atoms with E-state index < -0.39 is 0 Å². The van der Waals surface area contributed by atoms with E-state index in [9.17, 15) is 0 Å². The van der Waals surface area contributed by atoms with Crippen LogP contribution in [0.5, 0.6) is 5.75 Å². The first-order valence-electron chi connectivity index (χ1n) is 7.67. The van der Waals surface area contributed by atoms with Crippen molar-refractivity contribution in [3.63, 3.8) is 0 Å². The fourth-order valence-electron chi connectivity index (χ4n) is 2.43. The average molecular weight is 274 g/mol. The standard InChI is InChI=1S/C17H26N2O/c1-4-18-10-5-6-11-19-12-9-15-13-16(20-14(2)3)7-8-17(15)19/h7-9,12-14,18H,4-6,10-11H2,1-3H3. The minimum Gasteiger partial charge on any atom is -0.491 e. The zero-order chi connectivity index (χ0) is 14.4. The molecule has 3 heteroatoms. The first kappa shape index (κ1) is 14.9. The minimum atomic E-state index is 0.223. The van der Waals surface area contributed by atoms with Gasteiger partial charge in [-0.15, -0.1) is 0 Å². The van der Waals surface area contributed by atoms with Gasteiger partial charge in [-0.2, -0.15) is 0 Å². The maximum Gasteiger partial charge on any atom is 0.120 e. The molecule has 110 valence electrons. The molecule has 3 nitrogen and oxygen atoms in total. The van der Waals surface area contributed by atoms with Crippen LogP contribution in [-0.2, 0) is 6.54 Å². The summed E-state index contributed by atoms with van der Waals surface area (Å²) in [6, 6.07) is 8.53. The highest BCUT2D eigenvalue weighted by atomic mass is 16.5. The van der Waals surface area contributed by atoms with Crippen LogP contribution in [0, 0.1) is 0 Å². The minimum absolute atomic E-state index is 0.223. The molecule has 1 N–H and O–H groups in total. The first-order valence-corrected chi connectivity index (χ1v) is 7.67. The highest BCUT2D eigenvalue weighted by molar-refractivity contribution is 5.81. The van der Waals surface area contributed by atoms with E-state index >= 15 is 0 Å². The second-order valence-electron chi connectivity index (χ2n) is 5.46. The fraction of sp³-hybridized carbons (Fsp3) is 0.529. The summed E-state index contributed by atoms with van der Waals surface area (Å²) in [7, 11) is 0. The molecule has 1 aromatic carbocycles. The number of fused-ring (bicyclic) bond motifs is 1. The molecule has 0 bridgehead atoms. The molecule has 0 radical (unpaired) electrons. The van der Waals surface area contributed by atoms with E-state index in [0.717, 1.165) is 25.4 Å². The van der Waals surface area contributed by atoms with Crippen LogP contribution >= 0.6 is 0 Å². The molecule has 0 saturated heterocycles. The summed E-state index contributed by atoms with van der Waals surface area (Å²) in [4.78, 5) is 0. The lowest BCUT2D eigenvalue weighted by Gasteiger charge is -2.10. The Labute approximate surface area is 121 Å². The summed E-state index contributed by atoms with van der Waals surface area (Å²) < 4.78 is 8.07. The first-order chi connectivity index (χ1) is 9.70. The van der Waals surface area contributed by atoms with Gasteiger partial charge < -0.3 is 14.6 Å². The summed E-state index contributed by atoms with van der Waals surface area (Å²) in [5.41, 5.74) is 1.30. The van der Waals surface area contributed by atoms with E-state index in [-0.39, 0.29) is 6.10 Å². The second-order valence-corrected chi connectivity index (χ2v) is 5.46. The summed E-state index contributed by atoms with van der Waals surface area (Å²) >= 11 is 0. The van der Waals surface area contributed by atoms with Gasteiger partial charge in [0, 0.05) is 23.6 Å². The zero-order valence-corrected chi connectivity index (χ0v) is 12.9. The summed E-state index contributed by atoms with van der Waals surface area (Å²) in [5, 5.41) is 4.62. The van der Waals surface area contributed by atoms with E-state index in [4.69, 9.17) is 4.74 Å². The van der Waals surface area contributed by atoms with Gasteiger partial charge >= 0.3 is 0 Å². The average Bonchev–Trinajstić information content (AvgIpc) is 2.80. The topological polar surface area (TPSA) is 26.2 Å². The molecule has 0 fully saturated rings. The Balaban J connectivity index is 1.97. The summed E-state index contributed by atoms with van der Waals surface area (Å²) in [6.07, 6.45) is 4.83. The number of aryl methyl sites for hydroxylation is 1. The van der Waals surface area contributed by atoms with Crippen LogP contribution in [0.25, 0.3) is 10.9 Å². The molecule has 1 aromatic heterocycles. The van der Waals surface area contributed by atoms with Crippen LogP contribution in [0.4, 0.5) is 0 Å². The number of unbranched alkanes of at least 4 members (excludes halogenated alkanes) is 1. The third-order valence-electron chi connectivity index (χ3n) is 3.37. The maximum atomic E-state index is 5.74. The van der Waals surface area contributed by atoms with Gasteiger partial charge in [0.05, 0.1) is 6.10 Å². The van der Waals surface area contributed by atoms with Crippen LogP contribution in [0.3, 0.4) is 0 Å². The molecule has 0 saturated carbocycles. The van der Waals surface area contributed by atoms with Gasteiger partial charge in [-0.1, -0.05) is 6.92 Å². The highest BCUT2D eigenvalue weighted by Gasteiger charge is 2.04. The van der Waals surface area contributed by atoms with E-state index in [1.165, 1.54) is 23.7 Å². The van der Waals surface area contributed by atoms with Crippen molar-refractivity contribution in [2.75, 3.05) is 13.1 Å². The van der Waals surface area contributed by atoms with Crippen LogP contribution in [-0.4, -0.2) is 23.8 Å². The molecule has 20 heavy (non-hydrogen) atoms. The van der Waals surface area contributed by atoms with Crippen molar-refractivity contribution in [3.8, 4) is 5.75 Å². The number of hydrogen-bond acceptors (Lipinski definition) is 2.